The minimum absolute atomic E-state index is 0.0898. The van der Waals surface area contributed by atoms with E-state index in [1.807, 2.05) is 6.92 Å². The maximum absolute atomic E-state index is 13.4. The summed E-state index contributed by atoms with van der Waals surface area (Å²) in [5.74, 6) is -0.637. The predicted octanol–water partition coefficient (Wildman–Crippen LogP) is 1.20. The Morgan fingerprint density at radius 3 is 2.81 bits per heavy atom. The first-order valence-electron chi connectivity index (χ1n) is 6.04. The molecule has 0 aliphatic heterocycles. The zero-order chi connectivity index (χ0) is 15.6. The fraction of sp³-hybridized carbons (Fsp3) is 0.167. The molecule has 112 valence electrons. The number of aromatic nitrogens is 2. The molecule has 0 aliphatic carbocycles. The van der Waals surface area contributed by atoms with Crippen LogP contribution in [0.25, 0.3) is 0 Å². The fourth-order valence-corrected chi connectivity index (χ4v) is 2.66. The van der Waals surface area contributed by atoms with Gasteiger partial charge in [-0.1, -0.05) is 6.92 Å². The number of hydrogen-bond donors (Lipinski definition) is 4. The zero-order valence-electron chi connectivity index (χ0n) is 11.1. The van der Waals surface area contributed by atoms with Gasteiger partial charge in [0.1, 0.15) is 17.5 Å². The predicted molar refractivity (Wildman–Crippen MR) is 76.2 cm³/mol. The molecule has 0 radical (unpaired) electrons. The lowest BCUT2D eigenvalue weighted by molar-refractivity contribution is 0.597. The maximum atomic E-state index is 13.4. The largest absolute Gasteiger partial charge is 0.384 e. The number of halogens is 1. The van der Waals surface area contributed by atoms with E-state index in [9.17, 15) is 12.8 Å². The summed E-state index contributed by atoms with van der Waals surface area (Å²) in [6.45, 7) is 1.84. The molecule has 5 N–H and O–H groups in total. The number of H-pyrrole nitrogens is 1. The molecule has 2 rings (SSSR count). The number of benzene rings is 1. The van der Waals surface area contributed by atoms with Crippen LogP contribution in [0.1, 0.15) is 18.3 Å². The first kappa shape index (κ1) is 15.0. The molecule has 0 unspecified atom stereocenters. The third kappa shape index (κ3) is 3.19. The molecule has 7 nitrogen and oxygen atoms in total. The van der Waals surface area contributed by atoms with Crippen molar-refractivity contribution < 1.29 is 12.8 Å². The number of nitrogens with two attached hydrogens (primary N) is 1. The van der Waals surface area contributed by atoms with Crippen molar-refractivity contribution >= 4 is 21.5 Å². The molecule has 9 heteroatoms. The van der Waals surface area contributed by atoms with Crippen LogP contribution in [0.5, 0.6) is 0 Å². The van der Waals surface area contributed by atoms with Crippen molar-refractivity contribution in [3.63, 3.8) is 0 Å². The average molecular weight is 311 g/mol. The summed E-state index contributed by atoms with van der Waals surface area (Å²) in [4.78, 5) is 6.58. The van der Waals surface area contributed by atoms with Gasteiger partial charge in [-0.3, -0.25) is 10.1 Å². The second kappa shape index (κ2) is 5.52. The lowest BCUT2D eigenvalue weighted by atomic mass is 10.2. The number of aryl methyl sites for hydroxylation is 1. The van der Waals surface area contributed by atoms with E-state index in [-0.39, 0.29) is 16.3 Å². The topological polar surface area (TPSA) is 125 Å². The molecule has 1 aromatic heterocycles. The van der Waals surface area contributed by atoms with Gasteiger partial charge in [-0.15, -0.1) is 0 Å². The highest BCUT2D eigenvalue weighted by molar-refractivity contribution is 7.92. The monoisotopic (exact) mass is 311 g/mol. The van der Waals surface area contributed by atoms with Gasteiger partial charge in [-0.25, -0.2) is 9.37 Å². The lowest BCUT2D eigenvalue weighted by Crippen LogP contribution is -2.16. The summed E-state index contributed by atoms with van der Waals surface area (Å²) in [6.07, 6.45) is 1.77. The van der Waals surface area contributed by atoms with Gasteiger partial charge in [0, 0.05) is 12.1 Å². The van der Waals surface area contributed by atoms with Crippen LogP contribution in [0, 0.1) is 11.2 Å². The van der Waals surface area contributed by atoms with Crippen LogP contribution in [0.3, 0.4) is 0 Å². The van der Waals surface area contributed by atoms with Crippen molar-refractivity contribution in [1.82, 2.24) is 9.97 Å². The van der Waals surface area contributed by atoms with E-state index >= 15 is 0 Å². The van der Waals surface area contributed by atoms with Crippen molar-refractivity contribution in [3.05, 3.63) is 41.6 Å². The molecule has 1 aromatic carbocycles. The van der Waals surface area contributed by atoms with Crippen molar-refractivity contribution in [2.75, 3.05) is 4.72 Å². The third-order valence-electron chi connectivity index (χ3n) is 2.74. The molecule has 0 amide bonds. The molecule has 0 spiro atoms. The number of hydrogen-bond acceptors (Lipinski definition) is 4. The van der Waals surface area contributed by atoms with E-state index in [4.69, 9.17) is 11.1 Å². The number of rotatable bonds is 5. The first-order chi connectivity index (χ1) is 9.83. The Kier molecular flexibility index (Phi) is 3.94. The molecule has 1 heterocycles. The smallest absolute Gasteiger partial charge is 0.278 e. The number of nitrogens with one attached hydrogen (secondary N) is 3. The SMILES string of the molecule is CCc1ncc(S(=O)(=O)Nc2ccc(F)c(C(=N)N)c2)[nH]1. The Balaban J connectivity index is 2.32. The minimum Gasteiger partial charge on any atom is -0.384 e. The molecular formula is C12H14FN5O2S. The van der Waals surface area contributed by atoms with Crippen LogP contribution in [0.15, 0.2) is 29.4 Å². The molecule has 2 aromatic rings. The van der Waals surface area contributed by atoms with Gasteiger partial charge < -0.3 is 10.7 Å². The van der Waals surface area contributed by atoms with Crippen LogP contribution in [-0.4, -0.2) is 24.2 Å². The first-order valence-corrected chi connectivity index (χ1v) is 7.52. The number of nitrogen functional groups attached to an aromatic ring is 1. The van der Waals surface area contributed by atoms with E-state index in [1.54, 1.807) is 0 Å². The summed E-state index contributed by atoms with van der Waals surface area (Å²) >= 11 is 0. The highest BCUT2D eigenvalue weighted by Gasteiger charge is 2.18. The Morgan fingerprint density at radius 2 is 2.24 bits per heavy atom. The van der Waals surface area contributed by atoms with Crippen LogP contribution >= 0.6 is 0 Å². The summed E-state index contributed by atoms with van der Waals surface area (Å²) in [5, 5.41) is 7.15. The van der Waals surface area contributed by atoms with E-state index < -0.39 is 21.7 Å². The van der Waals surface area contributed by atoms with Gasteiger partial charge in [0.15, 0.2) is 5.03 Å². The van der Waals surface area contributed by atoms with E-state index in [0.29, 0.717) is 12.2 Å². The Hall–Kier alpha value is -2.42. The van der Waals surface area contributed by atoms with E-state index in [0.717, 1.165) is 12.1 Å². The highest BCUT2D eigenvalue weighted by Crippen LogP contribution is 2.18. The van der Waals surface area contributed by atoms with Crippen LogP contribution in [-0.2, 0) is 16.4 Å². The highest BCUT2D eigenvalue weighted by atomic mass is 32.2. The number of sulfonamides is 1. The van der Waals surface area contributed by atoms with Gasteiger partial charge in [-0.05, 0) is 18.2 Å². The van der Waals surface area contributed by atoms with Gasteiger partial charge in [0.25, 0.3) is 10.0 Å². The van der Waals surface area contributed by atoms with Crippen molar-refractivity contribution in [1.29, 1.82) is 5.41 Å². The molecule has 0 fully saturated rings. The Labute approximate surface area is 121 Å². The Bertz CT molecular complexity index is 785. The zero-order valence-corrected chi connectivity index (χ0v) is 12.0. The van der Waals surface area contributed by atoms with Crippen LogP contribution < -0.4 is 10.5 Å². The van der Waals surface area contributed by atoms with Crippen LogP contribution in [0.4, 0.5) is 10.1 Å². The van der Waals surface area contributed by atoms with E-state index in [1.165, 1.54) is 12.3 Å². The molecule has 0 aliphatic rings. The molecule has 21 heavy (non-hydrogen) atoms. The lowest BCUT2D eigenvalue weighted by Gasteiger charge is -2.08. The normalized spacial score (nSPS) is 11.3. The summed E-state index contributed by atoms with van der Waals surface area (Å²) < 4.78 is 40.0. The fourth-order valence-electron chi connectivity index (χ4n) is 1.66. The summed E-state index contributed by atoms with van der Waals surface area (Å²) in [7, 11) is -3.86. The second-order valence-corrected chi connectivity index (χ2v) is 5.91. The van der Waals surface area contributed by atoms with E-state index in [2.05, 4.69) is 14.7 Å². The van der Waals surface area contributed by atoms with Crippen LogP contribution in [0.2, 0.25) is 0 Å². The number of aromatic amines is 1. The maximum Gasteiger partial charge on any atom is 0.278 e. The van der Waals surface area contributed by atoms with Gasteiger partial charge in [0.05, 0.1) is 11.8 Å². The average Bonchev–Trinajstić information content (AvgIpc) is 2.90. The number of nitrogens with zero attached hydrogens (tertiary/aromatic N) is 1. The minimum atomic E-state index is -3.86. The molecule has 0 saturated heterocycles. The van der Waals surface area contributed by atoms with Gasteiger partial charge >= 0.3 is 0 Å². The van der Waals surface area contributed by atoms with Crippen molar-refractivity contribution in [2.24, 2.45) is 5.73 Å². The molecule has 0 bridgehead atoms. The van der Waals surface area contributed by atoms with Gasteiger partial charge in [-0.2, -0.15) is 8.42 Å². The summed E-state index contributed by atoms with van der Waals surface area (Å²) in [5.41, 5.74) is 5.16. The quantitative estimate of drug-likeness (QED) is 0.489. The number of amidine groups is 1. The molecular weight excluding hydrogens is 297 g/mol. The Morgan fingerprint density at radius 1 is 1.52 bits per heavy atom. The van der Waals surface area contributed by atoms with Crippen molar-refractivity contribution in [2.45, 2.75) is 18.4 Å². The third-order valence-corrected chi connectivity index (χ3v) is 4.03. The molecule has 0 atom stereocenters. The summed E-state index contributed by atoms with van der Waals surface area (Å²) in [6, 6.07) is 3.45. The second-order valence-electron chi connectivity index (χ2n) is 4.26. The van der Waals surface area contributed by atoms with Gasteiger partial charge in [0.2, 0.25) is 0 Å². The van der Waals surface area contributed by atoms with Crippen molar-refractivity contribution in [3.8, 4) is 0 Å². The molecule has 0 saturated carbocycles. The number of anilines is 1. The number of imidazole rings is 1. The standard InChI is InChI=1S/C12H14FN5O2S/c1-2-10-16-6-11(17-10)21(19,20)18-7-3-4-9(13)8(5-7)12(14)15/h3-6,18H,2H2,1H3,(H3,14,15)(H,16,17).